The Balaban J connectivity index is 1.85. The summed E-state index contributed by atoms with van der Waals surface area (Å²) >= 11 is 0. The van der Waals surface area contributed by atoms with Crippen LogP contribution in [0.25, 0.3) is 0 Å². The van der Waals surface area contributed by atoms with Crippen molar-refractivity contribution in [2.75, 3.05) is 6.54 Å². The van der Waals surface area contributed by atoms with Gasteiger partial charge < -0.3 is 4.90 Å². The highest BCUT2D eigenvalue weighted by molar-refractivity contribution is 7.89. The van der Waals surface area contributed by atoms with Gasteiger partial charge >= 0.3 is 0 Å². The topological polar surface area (TPSA) is 66.5 Å². The molecule has 1 N–H and O–H groups in total. The van der Waals surface area contributed by atoms with E-state index >= 15 is 0 Å². The number of rotatable bonds is 7. The molecular weight excluding hydrogens is 374 g/mol. The maximum Gasteiger partial charge on any atom is 0.254 e. The van der Waals surface area contributed by atoms with Gasteiger partial charge in [-0.1, -0.05) is 12.1 Å². The van der Waals surface area contributed by atoms with E-state index in [-0.39, 0.29) is 18.2 Å². The lowest BCUT2D eigenvalue weighted by atomic mass is 10.1. The molecule has 0 heterocycles. The zero-order valence-electron chi connectivity index (χ0n) is 14.8. The van der Waals surface area contributed by atoms with Crippen molar-refractivity contribution in [1.29, 1.82) is 0 Å². The van der Waals surface area contributed by atoms with Crippen molar-refractivity contribution in [3.8, 4) is 0 Å². The molecule has 144 valence electrons. The van der Waals surface area contributed by atoms with Gasteiger partial charge in [0.2, 0.25) is 10.0 Å². The minimum atomic E-state index is -4.03. The quantitative estimate of drug-likeness (QED) is 0.785. The summed E-state index contributed by atoms with van der Waals surface area (Å²) in [6.07, 6.45) is 1.44. The molecule has 1 amide bonds. The lowest BCUT2D eigenvalue weighted by Crippen LogP contribution is -2.31. The van der Waals surface area contributed by atoms with E-state index in [1.807, 2.05) is 0 Å². The summed E-state index contributed by atoms with van der Waals surface area (Å²) in [5, 5.41) is 0. The zero-order chi connectivity index (χ0) is 19.6. The van der Waals surface area contributed by atoms with Crippen molar-refractivity contribution in [3.63, 3.8) is 0 Å². The van der Waals surface area contributed by atoms with Gasteiger partial charge in [0.05, 0.1) is 0 Å². The fraction of sp³-hybridized carbons (Fsp3) is 0.316. The van der Waals surface area contributed by atoms with Gasteiger partial charge in [-0.3, -0.25) is 4.79 Å². The van der Waals surface area contributed by atoms with Crippen molar-refractivity contribution < 1.29 is 22.0 Å². The largest absolute Gasteiger partial charge is 0.335 e. The van der Waals surface area contributed by atoms with E-state index in [9.17, 15) is 22.0 Å². The summed E-state index contributed by atoms with van der Waals surface area (Å²) in [6.45, 7) is 2.25. The van der Waals surface area contributed by atoms with Crippen LogP contribution in [-0.4, -0.2) is 31.8 Å². The van der Waals surface area contributed by atoms with Gasteiger partial charge in [-0.05, 0) is 55.7 Å². The molecule has 1 saturated carbocycles. The molecule has 0 bridgehead atoms. The first-order chi connectivity index (χ1) is 12.8. The second-order valence-corrected chi connectivity index (χ2v) is 8.17. The van der Waals surface area contributed by atoms with Crippen LogP contribution in [0.1, 0.15) is 35.7 Å². The fourth-order valence-corrected chi connectivity index (χ4v) is 4.10. The maximum absolute atomic E-state index is 14.1. The number of amides is 1. The normalized spacial score (nSPS) is 14.2. The monoisotopic (exact) mass is 394 g/mol. The first kappa shape index (κ1) is 19.4. The summed E-state index contributed by atoms with van der Waals surface area (Å²) in [5.74, 6) is -1.77. The molecule has 8 heteroatoms. The predicted octanol–water partition coefficient (Wildman–Crippen LogP) is 3.07. The number of halogens is 2. The van der Waals surface area contributed by atoms with E-state index in [1.165, 1.54) is 23.1 Å². The summed E-state index contributed by atoms with van der Waals surface area (Å²) in [4.78, 5) is 13.7. The SMILES string of the molecule is CCN(Cc1cccc(F)c1)C(=O)c1ccc(F)c(S(=O)(=O)NC2CC2)c1. The number of nitrogens with zero attached hydrogens (tertiary/aromatic N) is 1. The third-order valence-corrected chi connectivity index (χ3v) is 5.83. The summed E-state index contributed by atoms with van der Waals surface area (Å²) in [7, 11) is -4.03. The molecule has 0 atom stereocenters. The van der Waals surface area contributed by atoms with Crippen LogP contribution in [0.2, 0.25) is 0 Å². The standard InChI is InChI=1S/C19H20F2N2O3S/c1-2-23(12-13-4-3-5-15(20)10-13)19(24)14-6-9-17(21)18(11-14)27(25,26)22-16-7-8-16/h3-6,9-11,16,22H,2,7-8,12H2,1H3. The van der Waals surface area contributed by atoms with Crippen LogP contribution in [0.4, 0.5) is 8.78 Å². The first-order valence-corrected chi connectivity index (χ1v) is 10.1. The Kier molecular flexibility index (Phi) is 5.57. The van der Waals surface area contributed by atoms with Crippen LogP contribution >= 0.6 is 0 Å². The number of carbonyl (C=O) groups excluding carboxylic acids is 1. The second kappa shape index (κ2) is 7.74. The van der Waals surface area contributed by atoms with E-state index < -0.39 is 32.5 Å². The highest BCUT2D eigenvalue weighted by Crippen LogP contribution is 2.24. The lowest BCUT2D eigenvalue weighted by molar-refractivity contribution is 0.0752. The Labute approximate surface area is 157 Å². The molecule has 0 aromatic heterocycles. The van der Waals surface area contributed by atoms with Crippen molar-refractivity contribution in [2.45, 2.75) is 37.2 Å². The fourth-order valence-electron chi connectivity index (χ4n) is 2.69. The third-order valence-electron chi connectivity index (χ3n) is 4.30. The number of sulfonamides is 1. The molecule has 0 saturated heterocycles. The van der Waals surface area contributed by atoms with Gasteiger partial charge in [0.15, 0.2) is 0 Å². The Morgan fingerprint density at radius 2 is 1.93 bits per heavy atom. The Bertz CT molecular complexity index is 959. The molecule has 1 fully saturated rings. The molecule has 3 rings (SSSR count). The Morgan fingerprint density at radius 3 is 2.56 bits per heavy atom. The Hall–Kier alpha value is -2.32. The van der Waals surface area contributed by atoms with Gasteiger partial charge in [0.25, 0.3) is 5.91 Å². The molecule has 1 aliphatic rings. The van der Waals surface area contributed by atoms with E-state index in [4.69, 9.17) is 0 Å². The molecule has 1 aliphatic carbocycles. The first-order valence-electron chi connectivity index (χ1n) is 8.65. The predicted molar refractivity (Wildman–Crippen MR) is 96.6 cm³/mol. The summed E-state index contributed by atoms with van der Waals surface area (Å²) < 4.78 is 54.5. The summed E-state index contributed by atoms with van der Waals surface area (Å²) in [6, 6.07) is 8.99. The van der Waals surface area contributed by atoms with Gasteiger partial charge in [0.1, 0.15) is 16.5 Å². The van der Waals surface area contributed by atoms with E-state index in [1.54, 1.807) is 19.1 Å². The maximum atomic E-state index is 14.1. The number of carbonyl (C=O) groups is 1. The molecular formula is C19H20F2N2O3S. The van der Waals surface area contributed by atoms with Gasteiger partial charge in [-0.25, -0.2) is 21.9 Å². The van der Waals surface area contributed by atoms with Crippen molar-refractivity contribution in [1.82, 2.24) is 9.62 Å². The molecule has 2 aromatic carbocycles. The minimum Gasteiger partial charge on any atom is -0.335 e. The van der Waals surface area contributed by atoms with Crippen molar-refractivity contribution >= 4 is 15.9 Å². The molecule has 2 aromatic rings. The second-order valence-electron chi connectivity index (χ2n) is 6.49. The van der Waals surface area contributed by atoms with E-state index in [0.29, 0.717) is 12.1 Å². The van der Waals surface area contributed by atoms with Crippen LogP contribution in [0.15, 0.2) is 47.4 Å². The number of nitrogens with one attached hydrogen (secondary N) is 1. The zero-order valence-corrected chi connectivity index (χ0v) is 15.6. The molecule has 0 unspecified atom stereocenters. The van der Waals surface area contributed by atoms with Crippen LogP contribution in [0.5, 0.6) is 0 Å². The van der Waals surface area contributed by atoms with Crippen molar-refractivity contribution in [2.24, 2.45) is 0 Å². The highest BCUT2D eigenvalue weighted by Gasteiger charge is 2.30. The van der Waals surface area contributed by atoms with E-state index in [0.717, 1.165) is 25.0 Å². The molecule has 5 nitrogen and oxygen atoms in total. The van der Waals surface area contributed by atoms with Crippen molar-refractivity contribution in [3.05, 3.63) is 65.2 Å². The molecule has 27 heavy (non-hydrogen) atoms. The average molecular weight is 394 g/mol. The molecule has 0 spiro atoms. The van der Waals surface area contributed by atoms with Gasteiger partial charge in [-0.2, -0.15) is 0 Å². The van der Waals surface area contributed by atoms with Crippen LogP contribution in [-0.2, 0) is 16.6 Å². The number of hydrogen-bond acceptors (Lipinski definition) is 3. The van der Waals surface area contributed by atoms with E-state index in [2.05, 4.69) is 4.72 Å². The van der Waals surface area contributed by atoms with Crippen LogP contribution in [0.3, 0.4) is 0 Å². The van der Waals surface area contributed by atoms with Crippen LogP contribution in [0, 0.1) is 11.6 Å². The average Bonchev–Trinajstić information content (AvgIpc) is 3.42. The number of benzene rings is 2. The lowest BCUT2D eigenvalue weighted by Gasteiger charge is -2.21. The number of hydrogen-bond donors (Lipinski definition) is 1. The summed E-state index contributed by atoms with van der Waals surface area (Å²) in [5.41, 5.74) is 0.668. The molecule has 0 aliphatic heterocycles. The minimum absolute atomic E-state index is 0.0609. The van der Waals surface area contributed by atoms with Gasteiger partial charge in [0, 0.05) is 24.7 Å². The third kappa shape index (κ3) is 4.70. The highest BCUT2D eigenvalue weighted by atomic mass is 32.2. The smallest absolute Gasteiger partial charge is 0.254 e. The Morgan fingerprint density at radius 1 is 1.19 bits per heavy atom. The van der Waals surface area contributed by atoms with Gasteiger partial charge in [-0.15, -0.1) is 0 Å². The van der Waals surface area contributed by atoms with Crippen LogP contribution < -0.4 is 4.72 Å². The molecule has 0 radical (unpaired) electrons.